The van der Waals surface area contributed by atoms with Gasteiger partial charge in [-0.2, -0.15) is 0 Å². The van der Waals surface area contributed by atoms with Crippen molar-refractivity contribution in [1.82, 2.24) is 0 Å². The number of benzene rings is 1. The zero-order valence-corrected chi connectivity index (χ0v) is 10.6. The zero-order chi connectivity index (χ0) is 13.1. The zero-order valence-electron chi connectivity index (χ0n) is 10.6. The molecule has 1 aromatic carbocycles. The summed E-state index contributed by atoms with van der Waals surface area (Å²) in [5.74, 6) is -0.141. The number of rotatable bonds is 4. The van der Waals surface area contributed by atoms with Gasteiger partial charge < -0.3 is 9.47 Å². The van der Waals surface area contributed by atoms with Crippen molar-refractivity contribution in [3.05, 3.63) is 29.6 Å². The molecule has 1 fully saturated rings. The number of ether oxygens (including phenoxy) is 2. The maximum atomic E-state index is 13.9. The average molecular weight is 252 g/mol. The van der Waals surface area contributed by atoms with E-state index in [4.69, 9.17) is 9.47 Å². The van der Waals surface area contributed by atoms with E-state index in [0.29, 0.717) is 12.2 Å². The maximum absolute atomic E-state index is 13.9. The SMILES string of the molecule is COc1cccc(CC(=O)C2OCCC2C)c1F. The van der Waals surface area contributed by atoms with Crippen molar-refractivity contribution in [2.24, 2.45) is 5.92 Å². The Kier molecular flexibility index (Phi) is 3.97. The Morgan fingerprint density at radius 2 is 2.33 bits per heavy atom. The van der Waals surface area contributed by atoms with Crippen LogP contribution in [0.3, 0.4) is 0 Å². The van der Waals surface area contributed by atoms with Crippen LogP contribution in [0.2, 0.25) is 0 Å². The molecule has 18 heavy (non-hydrogen) atoms. The average Bonchev–Trinajstić information content (AvgIpc) is 2.78. The van der Waals surface area contributed by atoms with Crippen molar-refractivity contribution in [2.45, 2.75) is 25.9 Å². The van der Waals surface area contributed by atoms with Gasteiger partial charge in [0.25, 0.3) is 0 Å². The molecule has 98 valence electrons. The summed E-state index contributed by atoms with van der Waals surface area (Å²) in [4.78, 5) is 12.0. The van der Waals surface area contributed by atoms with Gasteiger partial charge in [-0.3, -0.25) is 4.79 Å². The number of ketones is 1. The molecule has 0 amide bonds. The number of halogens is 1. The second-order valence-electron chi connectivity index (χ2n) is 4.63. The van der Waals surface area contributed by atoms with Gasteiger partial charge in [-0.25, -0.2) is 4.39 Å². The third-order valence-corrected chi connectivity index (χ3v) is 3.33. The van der Waals surface area contributed by atoms with E-state index < -0.39 is 11.9 Å². The van der Waals surface area contributed by atoms with Crippen molar-refractivity contribution >= 4 is 5.78 Å². The van der Waals surface area contributed by atoms with Crippen LogP contribution in [0.25, 0.3) is 0 Å². The molecule has 0 aromatic heterocycles. The second-order valence-corrected chi connectivity index (χ2v) is 4.63. The second kappa shape index (κ2) is 5.48. The van der Waals surface area contributed by atoms with Gasteiger partial charge in [0.2, 0.25) is 0 Å². The monoisotopic (exact) mass is 252 g/mol. The van der Waals surface area contributed by atoms with Gasteiger partial charge in [0.1, 0.15) is 6.10 Å². The summed E-state index contributed by atoms with van der Waals surface area (Å²) >= 11 is 0. The largest absolute Gasteiger partial charge is 0.494 e. The number of hydrogen-bond donors (Lipinski definition) is 0. The van der Waals surface area contributed by atoms with E-state index in [2.05, 4.69) is 0 Å². The van der Waals surface area contributed by atoms with E-state index in [1.54, 1.807) is 12.1 Å². The van der Waals surface area contributed by atoms with Crippen LogP contribution in [0.15, 0.2) is 18.2 Å². The van der Waals surface area contributed by atoms with Crippen LogP contribution < -0.4 is 4.74 Å². The lowest BCUT2D eigenvalue weighted by atomic mass is 9.96. The number of carbonyl (C=O) groups excluding carboxylic acids is 1. The van der Waals surface area contributed by atoms with Crippen LogP contribution in [0.4, 0.5) is 4.39 Å². The fourth-order valence-corrected chi connectivity index (χ4v) is 2.25. The van der Waals surface area contributed by atoms with Crippen LogP contribution in [0.5, 0.6) is 5.75 Å². The molecule has 2 unspecified atom stereocenters. The van der Waals surface area contributed by atoms with E-state index in [1.165, 1.54) is 13.2 Å². The quantitative estimate of drug-likeness (QED) is 0.825. The van der Waals surface area contributed by atoms with Crippen molar-refractivity contribution < 1.29 is 18.7 Å². The smallest absolute Gasteiger partial charge is 0.168 e. The molecule has 1 saturated heterocycles. The fraction of sp³-hybridized carbons (Fsp3) is 0.500. The first-order chi connectivity index (χ1) is 8.63. The van der Waals surface area contributed by atoms with Crippen molar-refractivity contribution in [2.75, 3.05) is 13.7 Å². The molecule has 1 aliphatic heterocycles. The normalized spacial score (nSPS) is 23.1. The van der Waals surface area contributed by atoms with Crippen molar-refractivity contribution in [3.63, 3.8) is 0 Å². The van der Waals surface area contributed by atoms with Gasteiger partial charge in [-0.1, -0.05) is 19.1 Å². The highest BCUT2D eigenvalue weighted by Crippen LogP contribution is 2.25. The van der Waals surface area contributed by atoms with Crippen LogP contribution in [-0.4, -0.2) is 25.6 Å². The lowest BCUT2D eigenvalue weighted by Gasteiger charge is -2.14. The van der Waals surface area contributed by atoms with Crippen LogP contribution in [0, 0.1) is 11.7 Å². The minimum atomic E-state index is -0.459. The van der Waals surface area contributed by atoms with Crippen molar-refractivity contribution in [3.8, 4) is 5.75 Å². The molecule has 2 rings (SSSR count). The minimum Gasteiger partial charge on any atom is -0.494 e. The van der Waals surface area contributed by atoms with Crippen LogP contribution in [0.1, 0.15) is 18.9 Å². The van der Waals surface area contributed by atoms with Gasteiger partial charge in [-0.05, 0) is 24.0 Å². The molecule has 0 radical (unpaired) electrons. The summed E-state index contributed by atoms with van der Waals surface area (Å²) in [5, 5.41) is 0. The number of hydrogen-bond acceptors (Lipinski definition) is 3. The molecule has 3 nitrogen and oxygen atoms in total. The van der Waals surface area contributed by atoms with E-state index in [1.807, 2.05) is 6.92 Å². The Balaban J connectivity index is 2.12. The van der Waals surface area contributed by atoms with Gasteiger partial charge in [0.15, 0.2) is 17.3 Å². The van der Waals surface area contributed by atoms with Crippen LogP contribution >= 0.6 is 0 Å². The number of methoxy groups -OCH3 is 1. The third-order valence-electron chi connectivity index (χ3n) is 3.33. The lowest BCUT2D eigenvalue weighted by molar-refractivity contribution is -0.128. The Hall–Kier alpha value is -1.42. The summed E-state index contributed by atoms with van der Waals surface area (Å²) in [6.07, 6.45) is 0.547. The van der Waals surface area contributed by atoms with Gasteiger partial charge >= 0.3 is 0 Å². The highest BCUT2D eigenvalue weighted by Gasteiger charge is 2.31. The molecule has 0 bridgehead atoms. The first kappa shape index (κ1) is 13.0. The molecule has 1 aromatic rings. The maximum Gasteiger partial charge on any atom is 0.168 e. The lowest BCUT2D eigenvalue weighted by Crippen LogP contribution is -2.27. The van der Waals surface area contributed by atoms with Gasteiger partial charge in [0.05, 0.1) is 7.11 Å². The van der Waals surface area contributed by atoms with E-state index >= 15 is 0 Å². The summed E-state index contributed by atoms with van der Waals surface area (Å²) in [6.45, 7) is 2.59. The summed E-state index contributed by atoms with van der Waals surface area (Å²) in [7, 11) is 1.41. The molecule has 0 aliphatic carbocycles. The standard InChI is InChI=1S/C14H17FO3/c1-9-6-7-18-14(9)11(16)8-10-4-3-5-12(17-2)13(10)15/h3-5,9,14H,6-8H2,1-2H3. The Labute approximate surface area is 106 Å². The summed E-state index contributed by atoms with van der Waals surface area (Å²) in [6, 6.07) is 4.83. The molecule has 4 heteroatoms. The molecule has 1 heterocycles. The molecule has 1 aliphatic rings. The molecular weight excluding hydrogens is 235 g/mol. The van der Waals surface area contributed by atoms with E-state index in [-0.39, 0.29) is 23.9 Å². The van der Waals surface area contributed by atoms with Gasteiger partial charge in [0, 0.05) is 13.0 Å². The number of Topliss-reactive ketones (excluding diaryl/α,β-unsaturated/α-hetero) is 1. The highest BCUT2D eigenvalue weighted by molar-refractivity contribution is 5.85. The molecule has 0 N–H and O–H groups in total. The molecule has 0 spiro atoms. The third kappa shape index (κ3) is 2.53. The number of carbonyl (C=O) groups is 1. The first-order valence-electron chi connectivity index (χ1n) is 6.09. The summed E-state index contributed by atoms with van der Waals surface area (Å²) < 4.78 is 24.2. The van der Waals surface area contributed by atoms with Crippen molar-refractivity contribution in [1.29, 1.82) is 0 Å². The molecule has 0 saturated carbocycles. The predicted molar refractivity (Wildman–Crippen MR) is 65.2 cm³/mol. The van der Waals surface area contributed by atoms with E-state index in [0.717, 1.165) is 6.42 Å². The van der Waals surface area contributed by atoms with Crippen LogP contribution in [-0.2, 0) is 16.0 Å². The highest BCUT2D eigenvalue weighted by atomic mass is 19.1. The Morgan fingerprint density at radius 1 is 1.56 bits per heavy atom. The first-order valence-corrected chi connectivity index (χ1v) is 6.09. The minimum absolute atomic E-state index is 0.0536. The molecule has 2 atom stereocenters. The van der Waals surface area contributed by atoms with Gasteiger partial charge in [-0.15, -0.1) is 0 Å². The molecular formula is C14H17FO3. The van der Waals surface area contributed by atoms with E-state index in [9.17, 15) is 9.18 Å². The Morgan fingerprint density at radius 3 is 2.94 bits per heavy atom. The fourth-order valence-electron chi connectivity index (χ4n) is 2.25. The topological polar surface area (TPSA) is 35.5 Å². The summed E-state index contributed by atoms with van der Waals surface area (Å²) in [5.41, 5.74) is 0.363. The predicted octanol–water partition coefficient (Wildman–Crippen LogP) is 2.37. The Bertz CT molecular complexity index is 445.